The van der Waals surface area contributed by atoms with Crippen LogP contribution >= 0.6 is 0 Å². The zero-order valence-electron chi connectivity index (χ0n) is 7.99. The predicted octanol–water partition coefficient (Wildman–Crippen LogP) is -0.459. The van der Waals surface area contributed by atoms with Crippen molar-refractivity contribution in [2.24, 2.45) is 0 Å². The molecular weight excluding hydrogens is 186 g/mol. The van der Waals surface area contributed by atoms with Gasteiger partial charge in [0.25, 0.3) is 5.97 Å². The summed E-state index contributed by atoms with van der Waals surface area (Å²) in [4.78, 5) is 21.3. The van der Waals surface area contributed by atoms with Crippen LogP contribution < -0.4 is 5.11 Å². The van der Waals surface area contributed by atoms with Crippen molar-refractivity contribution in [3.8, 4) is 6.07 Å². The van der Waals surface area contributed by atoms with Crippen LogP contribution in [0.1, 0.15) is 26.2 Å². The van der Waals surface area contributed by atoms with Gasteiger partial charge in [0.1, 0.15) is 6.07 Å². The molecule has 0 aromatic carbocycles. The smallest absolute Gasteiger partial charge is 0.292 e. The molecule has 0 fully saturated rings. The lowest BCUT2D eigenvalue weighted by atomic mass is 10.1. The van der Waals surface area contributed by atoms with E-state index in [9.17, 15) is 14.7 Å². The number of hydrogen-bond acceptors (Lipinski definition) is 5. The second kappa shape index (κ2) is 7.04. The largest absolute Gasteiger partial charge is 0.844 e. The van der Waals surface area contributed by atoms with E-state index in [1.807, 2.05) is 0 Å². The first-order valence-electron chi connectivity index (χ1n) is 4.37. The third-order valence-electron chi connectivity index (χ3n) is 1.54. The van der Waals surface area contributed by atoms with E-state index in [4.69, 9.17) is 5.26 Å². The first-order chi connectivity index (χ1) is 6.61. The van der Waals surface area contributed by atoms with E-state index < -0.39 is 17.9 Å². The number of carbonyl (C=O) groups excluding carboxylic acids is 2. The molecule has 5 heteroatoms. The standard InChI is InChI=1S/C9H12NO4/c1-2-14-9(13)8(12)5-3-4-7(11)6-10/h8H,2-5H2,1H3/q-1. The molecule has 0 amide bonds. The van der Waals surface area contributed by atoms with Crippen molar-refractivity contribution in [1.29, 1.82) is 5.26 Å². The molecule has 1 unspecified atom stereocenters. The maximum Gasteiger partial charge on any atom is 0.292 e. The Kier molecular flexibility index (Phi) is 6.33. The van der Waals surface area contributed by atoms with Crippen LogP contribution in [0.3, 0.4) is 0 Å². The van der Waals surface area contributed by atoms with E-state index in [-0.39, 0.29) is 25.9 Å². The van der Waals surface area contributed by atoms with Crippen LogP contribution in [0.2, 0.25) is 0 Å². The number of nitriles is 1. The Morgan fingerprint density at radius 3 is 2.71 bits per heavy atom. The molecule has 0 N–H and O–H groups in total. The fourth-order valence-electron chi connectivity index (χ4n) is 0.857. The molecule has 14 heavy (non-hydrogen) atoms. The lowest BCUT2D eigenvalue weighted by Gasteiger charge is -2.18. The van der Waals surface area contributed by atoms with Crippen molar-refractivity contribution in [3.63, 3.8) is 0 Å². The monoisotopic (exact) mass is 198 g/mol. The van der Waals surface area contributed by atoms with Crippen molar-refractivity contribution in [1.82, 2.24) is 0 Å². The number of ether oxygens (including phenoxy) is 1. The van der Waals surface area contributed by atoms with Crippen molar-refractivity contribution in [2.45, 2.75) is 32.3 Å². The second-order valence-electron chi connectivity index (χ2n) is 2.67. The molecular formula is C9H12NO4-. The summed E-state index contributed by atoms with van der Waals surface area (Å²) >= 11 is 0. The SMILES string of the molecule is CCOC(=O)C([O-])CCCC(=O)C#N. The molecule has 0 bridgehead atoms. The lowest BCUT2D eigenvalue weighted by Crippen LogP contribution is -2.35. The molecule has 0 aliphatic rings. The van der Waals surface area contributed by atoms with E-state index in [1.165, 1.54) is 6.07 Å². The highest BCUT2D eigenvalue weighted by molar-refractivity contribution is 5.93. The first-order valence-corrected chi connectivity index (χ1v) is 4.37. The second-order valence-corrected chi connectivity index (χ2v) is 2.67. The maximum atomic E-state index is 11.0. The molecule has 0 spiro atoms. The van der Waals surface area contributed by atoms with Gasteiger partial charge in [0, 0.05) is 6.42 Å². The van der Waals surface area contributed by atoms with Crippen LogP contribution in [0, 0.1) is 11.3 Å². The number of ketones is 1. The van der Waals surface area contributed by atoms with E-state index in [2.05, 4.69) is 4.74 Å². The topological polar surface area (TPSA) is 90.2 Å². The van der Waals surface area contributed by atoms with Gasteiger partial charge < -0.3 is 9.84 Å². The summed E-state index contributed by atoms with van der Waals surface area (Å²) in [7, 11) is 0. The van der Waals surface area contributed by atoms with Gasteiger partial charge in [-0.2, -0.15) is 5.26 Å². The minimum atomic E-state index is -1.44. The van der Waals surface area contributed by atoms with E-state index in [0.29, 0.717) is 0 Å². The Balaban J connectivity index is 3.64. The summed E-state index contributed by atoms with van der Waals surface area (Å²) in [6, 6.07) is 1.44. The molecule has 0 aliphatic carbocycles. The number of nitrogens with zero attached hydrogens (tertiary/aromatic N) is 1. The molecule has 0 aromatic rings. The molecule has 1 atom stereocenters. The van der Waals surface area contributed by atoms with Crippen molar-refractivity contribution >= 4 is 11.8 Å². The van der Waals surface area contributed by atoms with Crippen LogP contribution in [0.5, 0.6) is 0 Å². The van der Waals surface area contributed by atoms with Gasteiger partial charge in [-0.05, 0) is 19.4 Å². The van der Waals surface area contributed by atoms with Gasteiger partial charge >= 0.3 is 0 Å². The third kappa shape index (κ3) is 5.27. The van der Waals surface area contributed by atoms with Crippen molar-refractivity contribution in [2.75, 3.05) is 6.61 Å². The molecule has 0 saturated carbocycles. The summed E-state index contributed by atoms with van der Waals surface area (Å²) in [5, 5.41) is 19.1. The van der Waals surface area contributed by atoms with Gasteiger partial charge in [-0.15, -0.1) is 0 Å². The Morgan fingerprint density at radius 1 is 1.57 bits per heavy atom. The summed E-state index contributed by atoms with van der Waals surface area (Å²) in [6.45, 7) is 1.79. The molecule has 0 saturated heterocycles. The Hall–Kier alpha value is -1.41. The number of carbonyl (C=O) groups is 2. The van der Waals surface area contributed by atoms with Gasteiger partial charge in [-0.1, -0.05) is 6.42 Å². The van der Waals surface area contributed by atoms with E-state index >= 15 is 0 Å². The number of rotatable bonds is 6. The molecule has 0 rings (SSSR count). The maximum absolute atomic E-state index is 11.0. The van der Waals surface area contributed by atoms with Crippen molar-refractivity contribution in [3.05, 3.63) is 0 Å². The lowest BCUT2D eigenvalue weighted by molar-refractivity contribution is -0.409. The highest BCUT2D eigenvalue weighted by atomic mass is 16.5. The van der Waals surface area contributed by atoms with Crippen molar-refractivity contribution < 1.29 is 19.4 Å². The fraction of sp³-hybridized carbons (Fsp3) is 0.667. The molecule has 0 aliphatic heterocycles. The summed E-state index contributed by atoms with van der Waals surface area (Å²) < 4.78 is 4.49. The molecule has 0 heterocycles. The average molecular weight is 198 g/mol. The fourth-order valence-corrected chi connectivity index (χ4v) is 0.857. The number of Topliss-reactive ketones (excluding diaryl/α,β-unsaturated/α-hetero) is 1. The molecule has 78 valence electrons. The first kappa shape index (κ1) is 12.6. The number of esters is 1. The third-order valence-corrected chi connectivity index (χ3v) is 1.54. The van der Waals surface area contributed by atoms with Gasteiger partial charge in [-0.3, -0.25) is 9.59 Å². The highest BCUT2D eigenvalue weighted by Crippen LogP contribution is 2.01. The predicted molar refractivity (Wildman–Crippen MR) is 44.9 cm³/mol. The average Bonchev–Trinajstić information content (AvgIpc) is 2.17. The van der Waals surface area contributed by atoms with Gasteiger partial charge in [0.15, 0.2) is 0 Å². The normalized spacial score (nSPS) is 11.5. The quantitative estimate of drug-likeness (QED) is 0.425. The Morgan fingerprint density at radius 2 is 2.21 bits per heavy atom. The van der Waals surface area contributed by atoms with Crippen LogP contribution in [0.25, 0.3) is 0 Å². The summed E-state index contributed by atoms with van der Waals surface area (Å²) in [6.07, 6.45) is -1.14. The Bertz CT molecular complexity index is 244. The molecule has 0 aromatic heterocycles. The van der Waals surface area contributed by atoms with Crippen LogP contribution in [0.4, 0.5) is 0 Å². The Labute approximate surface area is 82.3 Å². The van der Waals surface area contributed by atoms with E-state index in [0.717, 1.165) is 0 Å². The summed E-state index contributed by atoms with van der Waals surface area (Å²) in [5.41, 5.74) is 0. The van der Waals surface area contributed by atoms with Crippen LogP contribution in [0.15, 0.2) is 0 Å². The minimum Gasteiger partial charge on any atom is -0.844 e. The van der Waals surface area contributed by atoms with Gasteiger partial charge in [-0.25, -0.2) is 0 Å². The molecule has 0 radical (unpaired) electrons. The van der Waals surface area contributed by atoms with Crippen LogP contribution in [-0.2, 0) is 14.3 Å². The van der Waals surface area contributed by atoms with Gasteiger partial charge in [0.05, 0.1) is 6.61 Å². The summed E-state index contributed by atoms with van der Waals surface area (Å²) in [5.74, 6) is -1.36. The minimum absolute atomic E-state index is 0.0225. The number of hydrogen-bond donors (Lipinski definition) is 0. The van der Waals surface area contributed by atoms with Crippen LogP contribution in [-0.4, -0.2) is 24.5 Å². The van der Waals surface area contributed by atoms with Gasteiger partial charge in [0.2, 0.25) is 5.78 Å². The highest BCUT2D eigenvalue weighted by Gasteiger charge is 2.07. The van der Waals surface area contributed by atoms with E-state index in [1.54, 1.807) is 6.92 Å². The zero-order chi connectivity index (χ0) is 11.0. The zero-order valence-corrected chi connectivity index (χ0v) is 7.99. The molecule has 5 nitrogen and oxygen atoms in total.